The monoisotopic (exact) mass is 314 g/mol. The minimum atomic E-state index is -0.538. The highest BCUT2D eigenvalue weighted by Gasteiger charge is 2.36. The molecule has 1 saturated heterocycles. The molecule has 2 heterocycles. The number of anilines is 1. The molecule has 1 aliphatic heterocycles. The Kier molecular flexibility index (Phi) is 4.06. The number of carbonyl (C=O) groups excluding carboxylic acids is 2. The van der Waals surface area contributed by atoms with E-state index in [1.54, 1.807) is 36.0 Å². The maximum Gasteiger partial charge on any atom is 0.290 e. The molecule has 0 aliphatic carbocycles. The van der Waals surface area contributed by atoms with E-state index in [0.29, 0.717) is 13.1 Å². The van der Waals surface area contributed by atoms with Crippen molar-refractivity contribution in [2.75, 3.05) is 25.1 Å². The zero-order valence-corrected chi connectivity index (χ0v) is 13.1. The summed E-state index contributed by atoms with van der Waals surface area (Å²) >= 11 is 0. The summed E-state index contributed by atoms with van der Waals surface area (Å²) in [4.78, 5) is 28.3. The standard InChI is InChI=1S/C17H18N2O4/c1-12-16(20)19(13-5-7-14(22-2)8-6-13)10-9-18(12)17(21)15-4-3-11-23-15/h3-8,11-12H,9-10H2,1-2H3. The lowest BCUT2D eigenvalue weighted by Gasteiger charge is -2.38. The molecule has 23 heavy (non-hydrogen) atoms. The second kappa shape index (κ2) is 6.16. The van der Waals surface area contributed by atoms with E-state index in [2.05, 4.69) is 0 Å². The molecule has 0 N–H and O–H groups in total. The lowest BCUT2D eigenvalue weighted by Crippen LogP contribution is -2.57. The molecule has 0 bridgehead atoms. The summed E-state index contributed by atoms with van der Waals surface area (Å²) in [5, 5.41) is 0. The van der Waals surface area contributed by atoms with Gasteiger partial charge in [0.25, 0.3) is 5.91 Å². The minimum absolute atomic E-state index is 0.110. The van der Waals surface area contributed by atoms with Gasteiger partial charge in [-0.15, -0.1) is 0 Å². The lowest BCUT2D eigenvalue weighted by molar-refractivity contribution is -0.124. The number of hydrogen-bond acceptors (Lipinski definition) is 4. The van der Waals surface area contributed by atoms with Gasteiger partial charge in [0.05, 0.1) is 13.4 Å². The van der Waals surface area contributed by atoms with E-state index in [1.807, 2.05) is 24.3 Å². The van der Waals surface area contributed by atoms with Crippen molar-refractivity contribution in [3.63, 3.8) is 0 Å². The fourth-order valence-corrected chi connectivity index (χ4v) is 2.71. The molecule has 2 amide bonds. The highest BCUT2D eigenvalue weighted by molar-refractivity contribution is 6.02. The van der Waals surface area contributed by atoms with Crippen molar-refractivity contribution in [2.45, 2.75) is 13.0 Å². The smallest absolute Gasteiger partial charge is 0.290 e. The first kappa shape index (κ1) is 15.1. The number of amides is 2. The summed E-state index contributed by atoms with van der Waals surface area (Å²) in [7, 11) is 1.60. The maximum atomic E-state index is 12.6. The average Bonchev–Trinajstić information content (AvgIpc) is 3.11. The summed E-state index contributed by atoms with van der Waals surface area (Å²) in [5.41, 5.74) is 0.799. The maximum absolute atomic E-state index is 12.6. The Hall–Kier alpha value is -2.76. The van der Waals surface area contributed by atoms with Crippen molar-refractivity contribution in [1.29, 1.82) is 0 Å². The van der Waals surface area contributed by atoms with Gasteiger partial charge >= 0.3 is 0 Å². The van der Waals surface area contributed by atoms with Crippen molar-refractivity contribution in [1.82, 2.24) is 4.90 Å². The SMILES string of the molecule is COc1ccc(N2CCN(C(=O)c3ccco3)C(C)C2=O)cc1. The molecule has 1 unspecified atom stereocenters. The van der Waals surface area contributed by atoms with Crippen LogP contribution in [0, 0.1) is 0 Å². The minimum Gasteiger partial charge on any atom is -0.497 e. The molecule has 3 rings (SSSR count). The molecule has 2 aromatic rings. The van der Waals surface area contributed by atoms with Crippen LogP contribution in [0.4, 0.5) is 5.69 Å². The van der Waals surface area contributed by atoms with Crippen LogP contribution >= 0.6 is 0 Å². The number of nitrogens with zero attached hydrogens (tertiary/aromatic N) is 2. The first-order valence-electron chi connectivity index (χ1n) is 7.41. The number of piperazine rings is 1. The van der Waals surface area contributed by atoms with E-state index in [9.17, 15) is 9.59 Å². The predicted octanol–water partition coefficient (Wildman–Crippen LogP) is 2.17. The summed E-state index contributed by atoms with van der Waals surface area (Å²) < 4.78 is 10.3. The van der Waals surface area contributed by atoms with Gasteiger partial charge in [-0.3, -0.25) is 9.59 Å². The van der Waals surface area contributed by atoms with Gasteiger partial charge in [-0.2, -0.15) is 0 Å². The Morgan fingerprint density at radius 3 is 2.57 bits per heavy atom. The summed E-state index contributed by atoms with van der Waals surface area (Å²) in [6, 6.07) is 10.0. The van der Waals surface area contributed by atoms with Gasteiger partial charge < -0.3 is 19.0 Å². The van der Waals surface area contributed by atoms with Crippen LogP contribution in [0.15, 0.2) is 47.1 Å². The van der Waals surface area contributed by atoms with Crippen LogP contribution in [0.25, 0.3) is 0 Å². The number of methoxy groups -OCH3 is 1. The molecule has 1 aromatic heterocycles. The quantitative estimate of drug-likeness (QED) is 0.871. The van der Waals surface area contributed by atoms with Gasteiger partial charge in [-0.05, 0) is 43.3 Å². The van der Waals surface area contributed by atoms with Crippen LogP contribution in [0.5, 0.6) is 5.75 Å². The van der Waals surface area contributed by atoms with Crippen molar-refractivity contribution in [3.05, 3.63) is 48.4 Å². The number of furan rings is 1. The van der Waals surface area contributed by atoms with Gasteiger partial charge in [0.1, 0.15) is 11.8 Å². The van der Waals surface area contributed by atoms with E-state index in [-0.39, 0.29) is 17.6 Å². The Bertz CT molecular complexity index is 694. The van der Waals surface area contributed by atoms with Gasteiger partial charge in [0.15, 0.2) is 5.76 Å². The molecule has 6 nitrogen and oxygen atoms in total. The molecule has 1 aromatic carbocycles. The van der Waals surface area contributed by atoms with Gasteiger partial charge in [0, 0.05) is 18.8 Å². The van der Waals surface area contributed by atoms with Crippen molar-refractivity contribution in [2.24, 2.45) is 0 Å². The fourth-order valence-electron chi connectivity index (χ4n) is 2.71. The van der Waals surface area contributed by atoms with E-state index in [4.69, 9.17) is 9.15 Å². The number of carbonyl (C=O) groups is 2. The van der Waals surface area contributed by atoms with Crippen LogP contribution in [0.3, 0.4) is 0 Å². The molecule has 6 heteroatoms. The fraction of sp³-hybridized carbons (Fsp3) is 0.294. The highest BCUT2D eigenvalue weighted by atomic mass is 16.5. The molecule has 1 fully saturated rings. The number of hydrogen-bond donors (Lipinski definition) is 0. The van der Waals surface area contributed by atoms with Crippen molar-refractivity contribution < 1.29 is 18.7 Å². The van der Waals surface area contributed by atoms with Crippen LogP contribution < -0.4 is 9.64 Å². The Balaban J connectivity index is 1.76. The van der Waals surface area contributed by atoms with E-state index >= 15 is 0 Å². The Labute approximate surface area is 134 Å². The molecule has 0 spiro atoms. The lowest BCUT2D eigenvalue weighted by atomic mass is 10.1. The molecule has 1 atom stereocenters. The zero-order chi connectivity index (χ0) is 16.4. The molecule has 0 saturated carbocycles. The zero-order valence-electron chi connectivity index (χ0n) is 13.1. The molecule has 120 valence electrons. The third-order valence-corrected chi connectivity index (χ3v) is 4.03. The first-order valence-corrected chi connectivity index (χ1v) is 7.41. The van der Waals surface area contributed by atoms with Crippen LogP contribution in [0.2, 0.25) is 0 Å². The van der Waals surface area contributed by atoms with Gasteiger partial charge in [0.2, 0.25) is 5.91 Å². The van der Waals surface area contributed by atoms with Gasteiger partial charge in [-0.1, -0.05) is 0 Å². The second-order valence-electron chi connectivity index (χ2n) is 5.34. The van der Waals surface area contributed by atoms with Crippen LogP contribution in [0.1, 0.15) is 17.5 Å². The van der Waals surface area contributed by atoms with E-state index in [0.717, 1.165) is 11.4 Å². The van der Waals surface area contributed by atoms with Crippen molar-refractivity contribution in [3.8, 4) is 5.75 Å². The second-order valence-corrected chi connectivity index (χ2v) is 5.34. The van der Waals surface area contributed by atoms with Crippen LogP contribution in [-0.2, 0) is 4.79 Å². The average molecular weight is 314 g/mol. The Morgan fingerprint density at radius 1 is 1.22 bits per heavy atom. The first-order chi connectivity index (χ1) is 11.1. The molecular formula is C17H18N2O4. The molecule has 1 aliphatic rings. The largest absolute Gasteiger partial charge is 0.497 e. The van der Waals surface area contributed by atoms with E-state index in [1.165, 1.54) is 6.26 Å². The molecule has 0 radical (unpaired) electrons. The van der Waals surface area contributed by atoms with Gasteiger partial charge in [-0.25, -0.2) is 0 Å². The third kappa shape index (κ3) is 2.79. The normalized spacial score (nSPS) is 18.2. The third-order valence-electron chi connectivity index (χ3n) is 4.03. The summed E-state index contributed by atoms with van der Waals surface area (Å²) in [6.07, 6.45) is 1.45. The predicted molar refractivity (Wildman–Crippen MR) is 84.6 cm³/mol. The highest BCUT2D eigenvalue weighted by Crippen LogP contribution is 2.24. The van der Waals surface area contributed by atoms with Crippen LogP contribution in [-0.4, -0.2) is 43.0 Å². The number of ether oxygens (including phenoxy) is 1. The summed E-state index contributed by atoms with van der Waals surface area (Å²) in [5.74, 6) is 0.620. The summed E-state index contributed by atoms with van der Waals surface area (Å²) in [6.45, 7) is 2.64. The Morgan fingerprint density at radius 2 is 1.96 bits per heavy atom. The molecular weight excluding hydrogens is 296 g/mol. The van der Waals surface area contributed by atoms with Crippen molar-refractivity contribution >= 4 is 17.5 Å². The number of benzene rings is 1. The topological polar surface area (TPSA) is 63.0 Å². The number of rotatable bonds is 3. The van der Waals surface area contributed by atoms with E-state index < -0.39 is 6.04 Å².